The van der Waals surface area contributed by atoms with Crippen molar-refractivity contribution in [1.82, 2.24) is 10.6 Å². The Morgan fingerprint density at radius 2 is 1.00 bits per heavy atom. The zero-order valence-corrected chi connectivity index (χ0v) is 18.4. The molecule has 0 saturated carbocycles. The lowest BCUT2D eigenvalue weighted by molar-refractivity contribution is -0.135. The van der Waals surface area contributed by atoms with Crippen molar-refractivity contribution in [3.8, 4) is 0 Å². The molecule has 2 atom stereocenters. The summed E-state index contributed by atoms with van der Waals surface area (Å²) in [6.07, 6.45) is 4.26. The predicted molar refractivity (Wildman–Crippen MR) is 110 cm³/mol. The molecule has 0 aromatic heterocycles. The molecule has 0 bridgehead atoms. The molecule has 0 radical (unpaired) electrons. The van der Waals surface area contributed by atoms with Gasteiger partial charge >= 0.3 is 11.9 Å². The highest BCUT2D eigenvalue weighted by molar-refractivity contribution is 5.95. The quantitative estimate of drug-likeness (QED) is 0.183. The molecule has 0 aromatic carbocycles. The van der Waals surface area contributed by atoms with Crippen LogP contribution in [0.3, 0.4) is 0 Å². The number of carbonyl (C=O) groups is 4. The monoisotopic (exact) mass is 444 g/mol. The normalized spacial score (nSPS) is 13.0. The van der Waals surface area contributed by atoms with Gasteiger partial charge in [0.15, 0.2) is 0 Å². The van der Waals surface area contributed by atoms with Crippen LogP contribution in [0.5, 0.6) is 0 Å². The molecular formula is C20H32N2O9. The van der Waals surface area contributed by atoms with E-state index in [0.29, 0.717) is 39.6 Å². The second kappa shape index (κ2) is 18.0. The first-order chi connectivity index (χ1) is 14.8. The summed E-state index contributed by atoms with van der Waals surface area (Å²) < 4.78 is 24.9. The molecule has 0 saturated heterocycles. The Morgan fingerprint density at radius 1 is 0.645 bits per heavy atom. The molecule has 0 fully saturated rings. The van der Waals surface area contributed by atoms with E-state index in [4.69, 9.17) is 14.2 Å². The minimum Gasteiger partial charge on any atom is -0.466 e. The summed E-state index contributed by atoms with van der Waals surface area (Å²) in [5.74, 6) is -2.04. The van der Waals surface area contributed by atoms with Crippen molar-refractivity contribution < 1.29 is 42.9 Å². The number of methoxy groups -OCH3 is 2. The molecule has 0 aliphatic heterocycles. The SMILES string of the molecule is COC(=O)/C=C\C(=O)NC(C)COCCOCCOCC(C)NC(=O)/C=C\C(=O)OC. The van der Waals surface area contributed by atoms with E-state index < -0.39 is 23.8 Å². The minimum atomic E-state index is -0.604. The Balaban J connectivity index is 3.64. The molecule has 0 heterocycles. The largest absolute Gasteiger partial charge is 0.466 e. The maximum absolute atomic E-state index is 11.5. The van der Waals surface area contributed by atoms with Crippen molar-refractivity contribution in [3.63, 3.8) is 0 Å². The van der Waals surface area contributed by atoms with Gasteiger partial charge in [0.25, 0.3) is 0 Å². The van der Waals surface area contributed by atoms with E-state index in [1.807, 2.05) is 0 Å². The molecule has 31 heavy (non-hydrogen) atoms. The molecule has 0 aromatic rings. The Hall–Kier alpha value is -2.76. The maximum atomic E-state index is 11.5. The maximum Gasteiger partial charge on any atom is 0.330 e. The van der Waals surface area contributed by atoms with Gasteiger partial charge in [-0.3, -0.25) is 9.59 Å². The average Bonchev–Trinajstić information content (AvgIpc) is 2.74. The van der Waals surface area contributed by atoms with Crippen molar-refractivity contribution in [1.29, 1.82) is 0 Å². The third-order valence-corrected chi connectivity index (χ3v) is 3.40. The summed E-state index contributed by atoms with van der Waals surface area (Å²) in [6, 6.07) is -0.477. The van der Waals surface area contributed by atoms with E-state index in [1.165, 1.54) is 14.2 Å². The zero-order valence-electron chi connectivity index (χ0n) is 18.4. The van der Waals surface area contributed by atoms with E-state index in [-0.39, 0.29) is 12.1 Å². The molecule has 176 valence electrons. The standard InChI is InChI=1S/C20H32N2O9/c1-15(21-17(23)5-7-19(25)27-3)13-30-11-9-29-10-12-31-14-16(2)22-18(24)6-8-20(26)28-4/h5-8,15-16H,9-14H2,1-4H3,(H,21,23)(H,22,24)/b7-5-,8-6-. The van der Waals surface area contributed by atoms with Crippen LogP contribution in [0, 0.1) is 0 Å². The first-order valence-electron chi connectivity index (χ1n) is 9.64. The molecule has 0 aliphatic carbocycles. The van der Waals surface area contributed by atoms with Gasteiger partial charge in [-0.25, -0.2) is 9.59 Å². The van der Waals surface area contributed by atoms with Crippen LogP contribution >= 0.6 is 0 Å². The molecule has 2 unspecified atom stereocenters. The summed E-state index contributed by atoms with van der Waals surface area (Å²) in [6.45, 7) is 5.52. The molecule has 0 aliphatic rings. The minimum absolute atomic E-state index is 0.239. The zero-order chi connectivity index (χ0) is 23.5. The van der Waals surface area contributed by atoms with Crippen molar-refractivity contribution >= 4 is 23.8 Å². The predicted octanol–water partition coefficient (Wildman–Crippen LogP) is -0.496. The Kier molecular flexibility index (Phi) is 16.4. The number of nitrogens with one attached hydrogen (secondary N) is 2. The molecule has 0 rings (SSSR count). The van der Waals surface area contributed by atoms with Crippen molar-refractivity contribution in [2.24, 2.45) is 0 Å². The highest BCUT2D eigenvalue weighted by Crippen LogP contribution is 1.90. The molecule has 2 N–H and O–H groups in total. The van der Waals surface area contributed by atoms with Gasteiger partial charge in [0.2, 0.25) is 11.8 Å². The van der Waals surface area contributed by atoms with Gasteiger partial charge in [0.05, 0.1) is 53.9 Å². The number of carbonyl (C=O) groups excluding carboxylic acids is 4. The topological polar surface area (TPSA) is 138 Å². The molecule has 2 amide bonds. The fourth-order valence-corrected chi connectivity index (χ4v) is 1.95. The summed E-state index contributed by atoms with van der Waals surface area (Å²) in [5, 5.41) is 5.28. The van der Waals surface area contributed by atoms with Gasteiger partial charge in [-0.15, -0.1) is 0 Å². The van der Waals surface area contributed by atoms with Crippen molar-refractivity contribution in [2.75, 3.05) is 53.9 Å². The van der Waals surface area contributed by atoms with Crippen LogP contribution in [0.25, 0.3) is 0 Å². The number of rotatable bonds is 16. The summed E-state index contributed by atoms with van der Waals surface area (Å²) in [5.41, 5.74) is 0. The molecule has 0 spiro atoms. The van der Waals surface area contributed by atoms with Crippen molar-refractivity contribution in [2.45, 2.75) is 25.9 Å². The van der Waals surface area contributed by atoms with E-state index in [2.05, 4.69) is 20.1 Å². The number of amides is 2. The highest BCUT2D eigenvalue weighted by atomic mass is 16.5. The average molecular weight is 444 g/mol. The molecular weight excluding hydrogens is 412 g/mol. The summed E-state index contributed by atoms with van der Waals surface area (Å²) in [4.78, 5) is 44.9. The van der Waals surface area contributed by atoms with Crippen LogP contribution in [0.15, 0.2) is 24.3 Å². The van der Waals surface area contributed by atoms with Gasteiger partial charge in [0, 0.05) is 36.4 Å². The lowest BCUT2D eigenvalue weighted by Crippen LogP contribution is -2.35. The number of esters is 2. The number of hydrogen-bond acceptors (Lipinski definition) is 9. The van der Waals surface area contributed by atoms with Gasteiger partial charge in [0.1, 0.15) is 0 Å². The van der Waals surface area contributed by atoms with Gasteiger partial charge in [-0.1, -0.05) is 0 Å². The second-order valence-corrected chi connectivity index (χ2v) is 6.29. The third kappa shape index (κ3) is 17.8. The lowest BCUT2D eigenvalue weighted by atomic mass is 10.3. The van der Waals surface area contributed by atoms with E-state index in [1.54, 1.807) is 13.8 Å². The fraction of sp³-hybridized carbons (Fsp3) is 0.600. The first kappa shape index (κ1) is 28.2. The molecule has 11 nitrogen and oxygen atoms in total. The van der Waals surface area contributed by atoms with Crippen LogP contribution in [-0.2, 0) is 42.9 Å². The number of ether oxygens (including phenoxy) is 5. The van der Waals surface area contributed by atoms with Crippen LogP contribution in [0.4, 0.5) is 0 Å². The smallest absolute Gasteiger partial charge is 0.330 e. The Labute approximate surface area is 182 Å². The van der Waals surface area contributed by atoms with Gasteiger partial charge in [-0.2, -0.15) is 0 Å². The van der Waals surface area contributed by atoms with E-state index in [9.17, 15) is 19.2 Å². The first-order valence-corrected chi connectivity index (χ1v) is 9.64. The summed E-state index contributed by atoms with van der Waals surface area (Å²) >= 11 is 0. The Morgan fingerprint density at radius 3 is 1.35 bits per heavy atom. The fourth-order valence-electron chi connectivity index (χ4n) is 1.95. The van der Waals surface area contributed by atoms with Gasteiger partial charge in [-0.05, 0) is 13.8 Å². The summed E-state index contributed by atoms with van der Waals surface area (Å²) in [7, 11) is 2.45. The number of hydrogen-bond donors (Lipinski definition) is 2. The second-order valence-electron chi connectivity index (χ2n) is 6.29. The van der Waals surface area contributed by atoms with Crippen LogP contribution in [-0.4, -0.2) is 89.7 Å². The van der Waals surface area contributed by atoms with E-state index in [0.717, 1.165) is 24.3 Å². The lowest BCUT2D eigenvalue weighted by Gasteiger charge is -2.14. The third-order valence-electron chi connectivity index (χ3n) is 3.40. The van der Waals surface area contributed by atoms with Gasteiger partial charge < -0.3 is 34.3 Å². The van der Waals surface area contributed by atoms with Crippen molar-refractivity contribution in [3.05, 3.63) is 24.3 Å². The van der Waals surface area contributed by atoms with E-state index >= 15 is 0 Å². The Bertz CT molecular complexity index is 568. The highest BCUT2D eigenvalue weighted by Gasteiger charge is 2.07. The van der Waals surface area contributed by atoms with Crippen LogP contribution in [0.2, 0.25) is 0 Å². The molecule has 11 heteroatoms. The van der Waals surface area contributed by atoms with Crippen LogP contribution < -0.4 is 10.6 Å². The van der Waals surface area contributed by atoms with Crippen LogP contribution in [0.1, 0.15) is 13.8 Å².